The number of nitrogens with zero attached hydrogens (tertiary/aromatic N) is 5. The number of likely N-dealkylation sites (tertiary alicyclic amines) is 1. The Kier molecular flexibility index (Phi) is 8.12. The first-order valence-electron chi connectivity index (χ1n) is 9.49. The lowest BCUT2D eigenvalue weighted by Gasteiger charge is -2.37. The summed E-state index contributed by atoms with van der Waals surface area (Å²) in [6.07, 6.45) is 5.20. The van der Waals surface area contributed by atoms with E-state index in [0.29, 0.717) is 0 Å². The van der Waals surface area contributed by atoms with Crippen molar-refractivity contribution in [2.24, 2.45) is 16.8 Å². The molecule has 0 aromatic carbocycles. The van der Waals surface area contributed by atoms with Crippen LogP contribution in [0.5, 0.6) is 0 Å². The molecular weight excluding hydrogens is 439 g/mol. The van der Waals surface area contributed by atoms with E-state index in [4.69, 9.17) is 4.99 Å². The number of aliphatic imine (C=N–C) groups is 1. The van der Waals surface area contributed by atoms with E-state index in [1.807, 2.05) is 24.4 Å². The topological polar surface area (TPSA) is 57.8 Å². The van der Waals surface area contributed by atoms with Gasteiger partial charge in [-0.3, -0.25) is 9.39 Å². The summed E-state index contributed by atoms with van der Waals surface area (Å²) in [6, 6.07) is 5.98. The van der Waals surface area contributed by atoms with Crippen LogP contribution in [-0.2, 0) is 6.42 Å². The molecular formula is C19H31IN6. The number of pyridine rings is 1. The van der Waals surface area contributed by atoms with Gasteiger partial charge in [-0.05, 0) is 43.7 Å². The van der Waals surface area contributed by atoms with Crippen LogP contribution < -0.4 is 5.32 Å². The first kappa shape index (κ1) is 20.9. The highest BCUT2D eigenvalue weighted by Gasteiger charge is 2.23. The number of guanidine groups is 1. The lowest BCUT2D eigenvalue weighted by Crippen LogP contribution is -2.48. The van der Waals surface area contributed by atoms with Crippen molar-refractivity contribution in [1.29, 1.82) is 0 Å². The average Bonchev–Trinajstić information content (AvgIpc) is 3.00. The summed E-state index contributed by atoms with van der Waals surface area (Å²) in [5.41, 5.74) is 0.908. The molecule has 3 rings (SSSR count). The number of aryl methyl sites for hydroxylation is 1. The smallest absolute Gasteiger partial charge is 0.193 e. The summed E-state index contributed by atoms with van der Waals surface area (Å²) in [5.74, 6) is 3.54. The number of rotatable bonds is 5. The van der Waals surface area contributed by atoms with E-state index in [0.717, 1.165) is 68.3 Å². The highest BCUT2D eigenvalue weighted by molar-refractivity contribution is 14.0. The summed E-state index contributed by atoms with van der Waals surface area (Å²) in [5, 5.41) is 12.0. The molecule has 3 heterocycles. The van der Waals surface area contributed by atoms with Gasteiger partial charge < -0.3 is 10.2 Å². The van der Waals surface area contributed by atoms with Gasteiger partial charge in [-0.1, -0.05) is 19.9 Å². The molecule has 26 heavy (non-hydrogen) atoms. The number of halogens is 1. The minimum Gasteiger partial charge on any atom is -0.357 e. The Morgan fingerprint density at radius 2 is 2.00 bits per heavy atom. The molecule has 2 atom stereocenters. The van der Waals surface area contributed by atoms with Gasteiger partial charge in [0.1, 0.15) is 5.82 Å². The van der Waals surface area contributed by atoms with Gasteiger partial charge in [-0.2, -0.15) is 0 Å². The van der Waals surface area contributed by atoms with E-state index in [9.17, 15) is 0 Å². The molecule has 1 fully saturated rings. The van der Waals surface area contributed by atoms with Crippen molar-refractivity contribution in [2.45, 2.75) is 40.0 Å². The molecule has 1 saturated heterocycles. The third kappa shape index (κ3) is 5.31. The number of hydrogen-bond donors (Lipinski definition) is 1. The van der Waals surface area contributed by atoms with Gasteiger partial charge in [0.05, 0.1) is 0 Å². The zero-order valence-corrected chi connectivity index (χ0v) is 18.4. The predicted molar refractivity (Wildman–Crippen MR) is 117 cm³/mol. The molecule has 1 aliphatic rings. The summed E-state index contributed by atoms with van der Waals surface area (Å²) in [4.78, 5) is 7.28. The number of fused-ring (bicyclic) bond motifs is 1. The Labute approximate surface area is 173 Å². The molecule has 2 aromatic rings. The van der Waals surface area contributed by atoms with E-state index < -0.39 is 0 Å². The van der Waals surface area contributed by atoms with Crippen molar-refractivity contribution in [1.82, 2.24) is 24.8 Å². The molecule has 2 unspecified atom stereocenters. The molecule has 0 radical (unpaired) electrons. The Bertz CT molecular complexity index is 703. The second-order valence-corrected chi connectivity index (χ2v) is 7.24. The zero-order valence-electron chi connectivity index (χ0n) is 16.1. The van der Waals surface area contributed by atoms with Gasteiger partial charge in [0.25, 0.3) is 0 Å². The fraction of sp³-hybridized carbons (Fsp3) is 0.632. The van der Waals surface area contributed by atoms with Crippen molar-refractivity contribution in [3.63, 3.8) is 0 Å². The summed E-state index contributed by atoms with van der Waals surface area (Å²) in [6.45, 7) is 10.7. The van der Waals surface area contributed by atoms with E-state index in [1.165, 1.54) is 6.42 Å². The lowest BCUT2D eigenvalue weighted by molar-refractivity contribution is 0.208. The molecule has 0 saturated carbocycles. The van der Waals surface area contributed by atoms with Crippen molar-refractivity contribution >= 4 is 35.6 Å². The number of hydrogen-bond acceptors (Lipinski definition) is 3. The highest BCUT2D eigenvalue weighted by Crippen LogP contribution is 2.20. The van der Waals surface area contributed by atoms with Crippen LogP contribution in [0.3, 0.4) is 0 Å². The molecule has 144 valence electrons. The van der Waals surface area contributed by atoms with Crippen molar-refractivity contribution in [3.8, 4) is 0 Å². The maximum Gasteiger partial charge on any atom is 0.193 e. The van der Waals surface area contributed by atoms with Crippen LogP contribution in [0.4, 0.5) is 0 Å². The van der Waals surface area contributed by atoms with Crippen LogP contribution in [0.15, 0.2) is 29.4 Å². The maximum absolute atomic E-state index is 4.86. The van der Waals surface area contributed by atoms with E-state index in [2.05, 4.69) is 45.6 Å². The van der Waals surface area contributed by atoms with Crippen molar-refractivity contribution < 1.29 is 0 Å². The first-order valence-corrected chi connectivity index (χ1v) is 9.49. The first-order chi connectivity index (χ1) is 12.2. The van der Waals surface area contributed by atoms with Crippen LogP contribution >= 0.6 is 24.0 Å². The second kappa shape index (κ2) is 10.1. The summed E-state index contributed by atoms with van der Waals surface area (Å²) >= 11 is 0. The fourth-order valence-electron chi connectivity index (χ4n) is 3.75. The van der Waals surface area contributed by atoms with Gasteiger partial charge >= 0.3 is 0 Å². The van der Waals surface area contributed by atoms with Gasteiger partial charge in [0, 0.05) is 38.8 Å². The summed E-state index contributed by atoms with van der Waals surface area (Å²) in [7, 11) is 0. The van der Waals surface area contributed by atoms with E-state index >= 15 is 0 Å². The van der Waals surface area contributed by atoms with Gasteiger partial charge in [-0.15, -0.1) is 34.2 Å². The fourth-order valence-corrected chi connectivity index (χ4v) is 3.75. The SMILES string of the molecule is CCNC(=NCCCc1nnc2ccccn12)N1CC(C)CC(C)C1.I. The predicted octanol–water partition coefficient (Wildman–Crippen LogP) is 3.22. The zero-order chi connectivity index (χ0) is 17.6. The lowest BCUT2D eigenvalue weighted by atomic mass is 9.92. The van der Waals surface area contributed by atoms with E-state index in [-0.39, 0.29) is 24.0 Å². The molecule has 7 heteroatoms. The van der Waals surface area contributed by atoms with E-state index in [1.54, 1.807) is 0 Å². The maximum atomic E-state index is 4.86. The number of piperidine rings is 1. The molecule has 0 aliphatic carbocycles. The normalized spacial score (nSPS) is 20.9. The molecule has 0 amide bonds. The van der Waals surface area contributed by atoms with Crippen LogP contribution in [0.25, 0.3) is 5.65 Å². The monoisotopic (exact) mass is 470 g/mol. The van der Waals surface area contributed by atoms with Crippen LogP contribution in [-0.4, -0.2) is 51.6 Å². The minimum atomic E-state index is 0. The third-order valence-electron chi connectivity index (χ3n) is 4.71. The number of nitrogens with one attached hydrogen (secondary N) is 1. The quantitative estimate of drug-likeness (QED) is 0.316. The minimum absolute atomic E-state index is 0. The third-order valence-corrected chi connectivity index (χ3v) is 4.71. The van der Waals surface area contributed by atoms with Crippen molar-refractivity contribution in [3.05, 3.63) is 30.2 Å². The second-order valence-electron chi connectivity index (χ2n) is 7.24. The standard InChI is InChI=1S/C19H30N6.HI/c1-4-20-19(24-13-15(2)12-16(3)14-24)21-10-7-9-18-23-22-17-8-5-6-11-25(17)18;/h5-6,8,11,15-16H,4,7,9-10,12-14H2,1-3H3,(H,20,21);1H. The molecule has 0 bridgehead atoms. The van der Waals surface area contributed by atoms with Gasteiger partial charge in [0.15, 0.2) is 11.6 Å². The van der Waals surface area contributed by atoms with Crippen LogP contribution in [0.1, 0.15) is 39.4 Å². The van der Waals surface area contributed by atoms with Gasteiger partial charge in [-0.25, -0.2) is 0 Å². The largest absolute Gasteiger partial charge is 0.357 e. The van der Waals surface area contributed by atoms with Gasteiger partial charge in [0.2, 0.25) is 0 Å². The molecule has 1 N–H and O–H groups in total. The molecule has 1 aliphatic heterocycles. The molecule has 0 spiro atoms. The highest BCUT2D eigenvalue weighted by atomic mass is 127. The number of aromatic nitrogens is 3. The summed E-state index contributed by atoms with van der Waals surface area (Å²) < 4.78 is 2.06. The Morgan fingerprint density at radius 3 is 2.73 bits per heavy atom. The Morgan fingerprint density at radius 1 is 1.23 bits per heavy atom. The van der Waals surface area contributed by atoms with Crippen molar-refractivity contribution in [2.75, 3.05) is 26.2 Å². The van der Waals surface area contributed by atoms with Crippen LogP contribution in [0, 0.1) is 11.8 Å². The Balaban J connectivity index is 0.00000243. The Hall–Kier alpha value is -1.38. The molecule has 6 nitrogen and oxygen atoms in total. The average molecular weight is 470 g/mol. The molecule has 2 aromatic heterocycles. The van der Waals surface area contributed by atoms with Crippen LogP contribution in [0.2, 0.25) is 0 Å².